The Hall–Kier alpha value is -2.01. The quantitative estimate of drug-likeness (QED) is 0.936. The molecule has 0 spiro atoms. The molecular formula is C17H23N5. The Bertz CT molecular complexity index is 622. The lowest BCUT2D eigenvalue weighted by Crippen LogP contribution is -2.25. The number of rotatable bonds is 4. The van der Waals surface area contributed by atoms with Crippen LogP contribution in [0.2, 0.25) is 0 Å². The molecular weight excluding hydrogens is 274 g/mol. The molecule has 2 aromatic rings. The molecule has 3 heterocycles. The molecule has 0 bridgehead atoms. The summed E-state index contributed by atoms with van der Waals surface area (Å²) in [6.07, 6.45) is 5.60. The largest absolute Gasteiger partial charge is 0.341 e. The molecule has 0 radical (unpaired) electrons. The van der Waals surface area contributed by atoms with Crippen molar-refractivity contribution < 1.29 is 0 Å². The van der Waals surface area contributed by atoms with Gasteiger partial charge < -0.3 is 10.2 Å². The number of fused-ring (bicyclic) bond motifs is 1. The molecule has 0 saturated carbocycles. The van der Waals surface area contributed by atoms with Gasteiger partial charge in [0.05, 0.1) is 11.4 Å². The Labute approximate surface area is 131 Å². The van der Waals surface area contributed by atoms with Crippen LogP contribution in [0.15, 0.2) is 24.5 Å². The molecule has 5 nitrogen and oxygen atoms in total. The van der Waals surface area contributed by atoms with E-state index in [9.17, 15) is 0 Å². The van der Waals surface area contributed by atoms with Gasteiger partial charge in [0.1, 0.15) is 0 Å². The van der Waals surface area contributed by atoms with Crippen LogP contribution >= 0.6 is 0 Å². The molecule has 1 aliphatic heterocycles. The molecule has 2 aromatic heterocycles. The summed E-state index contributed by atoms with van der Waals surface area (Å²) in [4.78, 5) is 16.1. The molecule has 0 aromatic carbocycles. The van der Waals surface area contributed by atoms with Crippen molar-refractivity contribution in [1.29, 1.82) is 0 Å². The van der Waals surface area contributed by atoms with Crippen LogP contribution in [0, 0.1) is 0 Å². The van der Waals surface area contributed by atoms with Gasteiger partial charge in [-0.3, -0.25) is 4.98 Å². The van der Waals surface area contributed by atoms with Gasteiger partial charge >= 0.3 is 0 Å². The third kappa shape index (κ3) is 2.95. The summed E-state index contributed by atoms with van der Waals surface area (Å²) in [6, 6.07) is 4.07. The zero-order chi connectivity index (χ0) is 15.4. The summed E-state index contributed by atoms with van der Waals surface area (Å²) in [5.41, 5.74) is 4.67. The van der Waals surface area contributed by atoms with Crippen molar-refractivity contribution in [2.45, 2.75) is 26.7 Å². The number of pyridine rings is 1. The van der Waals surface area contributed by atoms with E-state index in [2.05, 4.69) is 29.0 Å². The highest BCUT2D eigenvalue weighted by atomic mass is 15.2. The van der Waals surface area contributed by atoms with Gasteiger partial charge in [0.25, 0.3) is 0 Å². The summed E-state index contributed by atoms with van der Waals surface area (Å²) in [5.74, 6) is 0.845. The highest BCUT2D eigenvalue weighted by Crippen LogP contribution is 2.27. The van der Waals surface area contributed by atoms with Gasteiger partial charge in [0.15, 0.2) is 0 Å². The lowest BCUT2D eigenvalue weighted by Gasteiger charge is -2.21. The second-order valence-electron chi connectivity index (χ2n) is 5.46. The van der Waals surface area contributed by atoms with Crippen molar-refractivity contribution in [3.05, 3.63) is 35.8 Å². The van der Waals surface area contributed by atoms with Crippen LogP contribution in [0.5, 0.6) is 0 Å². The topological polar surface area (TPSA) is 53.9 Å². The molecule has 1 N–H and O–H groups in total. The number of nitrogens with zero attached hydrogens (tertiary/aromatic N) is 4. The van der Waals surface area contributed by atoms with Gasteiger partial charge in [0.2, 0.25) is 5.95 Å². The van der Waals surface area contributed by atoms with Crippen molar-refractivity contribution in [1.82, 2.24) is 20.3 Å². The molecule has 0 amide bonds. The lowest BCUT2D eigenvalue weighted by atomic mass is 10.0. The smallest absolute Gasteiger partial charge is 0.226 e. The van der Waals surface area contributed by atoms with Crippen molar-refractivity contribution in [3.8, 4) is 11.3 Å². The third-order valence-corrected chi connectivity index (χ3v) is 4.17. The molecule has 1 aliphatic rings. The monoisotopic (exact) mass is 297 g/mol. The number of nitrogens with one attached hydrogen (secondary N) is 1. The van der Waals surface area contributed by atoms with Crippen LogP contribution in [0.4, 0.5) is 5.95 Å². The third-order valence-electron chi connectivity index (χ3n) is 4.17. The predicted octanol–water partition coefficient (Wildman–Crippen LogP) is 2.07. The average Bonchev–Trinajstić information content (AvgIpc) is 2.81. The molecule has 0 fully saturated rings. The van der Waals surface area contributed by atoms with E-state index in [1.807, 2.05) is 24.5 Å². The Balaban J connectivity index is 2.15. The van der Waals surface area contributed by atoms with Crippen molar-refractivity contribution in [2.24, 2.45) is 0 Å². The maximum Gasteiger partial charge on any atom is 0.226 e. The van der Waals surface area contributed by atoms with Crippen LogP contribution in [-0.2, 0) is 12.8 Å². The molecule has 0 atom stereocenters. The fraction of sp³-hybridized carbons (Fsp3) is 0.471. The van der Waals surface area contributed by atoms with E-state index in [1.54, 1.807) is 0 Å². The zero-order valence-electron chi connectivity index (χ0n) is 13.3. The SMILES string of the molecule is CCN(CC)c1nc2c(c(-c3ccncc3)n1)CCNCC2. The number of aromatic nitrogens is 3. The number of hydrogen-bond donors (Lipinski definition) is 1. The Morgan fingerprint density at radius 3 is 2.50 bits per heavy atom. The Kier molecular flexibility index (Phi) is 4.63. The van der Waals surface area contributed by atoms with Crippen LogP contribution in [0.3, 0.4) is 0 Å². The maximum absolute atomic E-state index is 4.90. The average molecular weight is 297 g/mol. The van der Waals surface area contributed by atoms with E-state index in [0.29, 0.717) is 0 Å². The minimum Gasteiger partial charge on any atom is -0.341 e. The van der Waals surface area contributed by atoms with Crippen LogP contribution in [0.1, 0.15) is 25.1 Å². The fourth-order valence-electron chi connectivity index (χ4n) is 2.93. The minimum absolute atomic E-state index is 0.845. The summed E-state index contributed by atoms with van der Waals surface area (Å²) < 4.78 is 0. The lowest BCUT2D eigenvalue weighted by molar-refractivity contribution is 0.708. The van der Waals surface area contributed by atoms with Crippen molar-refractivity contribution in [2.75, 3.05) is 31.1 Å². The number of anilines is 1. The molecule has 116 valence electrons. The fourth-order valence-corrected chi connectivity index (χ4v) is 2.93. The van der Waals surface area contributed by atoms with E-state index in [4.69, 9.17) is 9.97 Å². The number of hydrogen-bond acceptors (Lipinski definition) is 5. The normalized spacial score (nSPS) is 14.3. The summed E-state index contributed by atoms with van der Waals surface area (Å²) in [7, 11) is 0. The van der Waals surface area contributed by atoms with Crippen LogP contribution in [0.25, 0.3) is 11.3 Å². The van der Waals surface area contributed by atoms with E-state index in [0.717, 1.165) is 56.2 Å². The summed E-state index contributed by atoms with van der Waals surface area (Å²) in [5, 5.41) is 3.46. The summed E-state index contributed by atoms with van der Waals surface area (Å²) in [6.45, 7) is 8.10. The summed E-state index contributed by atoms with van der Waals surface area (Å²) >= 11 is 0. The molecule has 3 rings (SSSR count). The second-order valence-corrected chi connectivity index (χ2v) is 5.46. The van der Waals surface area contributed by atoms with Gasteiger partial charge in [-0.05, 0) is 38.9 Å². The first kappa shape index (κ1) is 14.9. The van der Waals surface area contributed by atoms with Gasteiger partial charge in [-0.25, -0.2) is 9.97 Å². The first-order valence-electron chi connectivity index (χ1n) is 8.09. The van der Waals surface area contributed by atoms with Gasteiger partial charge in [0, 0.05) is 49.6 Å². The zero-order valence-corrected chi connectivity index (χ0v) is 13.3. The minimum atomic E-state index is 0.845. The van der Waals surface area contributed by atoms with Crippen LogP contribution in [-0.4, -0.2) is 41.1 Å². The van der Waals surface area contributed by atoms with Gasteiger partial charge in [-0.1, -0.05) is 0 Å². The van der Waals surface area contributed by atoms with Crippen molar-refractivity contribution >= 4 is 5.95 Å². The highest BCUT2D eigenvalue weighted by molar-refractivity contribution is 5.65. The first-order valence-corrected chi connectivity index (χ1v) is 8.09. The maximum atomic E-state index is 4.90. The van der Waals surface area contributed by atoms with Gasteiger partial charge in [-0.15, -0.1) is 0 Å². The standard InChI is InChI=1S/C17H23N5/c1-3-22(4-2)17-20-15-8-12-19-11-7-14(15)16(21-17)13-5-9-18-10-6-13/h5-6,9-10,19H,3-4,7-8,11-12H2,1-2H3. The van der Waals surface area contributed by atoms with E-state index >= 15 is 0 Å². The molecule has 0 aliphatic carbocycles. The molecule has 22 heavy (non-hydrogen) atoms. The molecule has 5 heteroatoms. The molecule has 0 saturated heterocycles. The Morgan fingerprint density at radius 2 is 1.77 bits per heavy atom. The van der Waals surface area contributed by atoms with Crippen molar-refractivity contribution in [3.63, 3.8) is 0 Å². The molecule has 0 unspecified atom stereocenters. The highest BCUT2D eigenvalue weighted by Gasteiger charge is 2.19. The first-order chi connectivity index (χ1) is 10.8. The second kappa shape index (κ2) is 6.83. The van der Waals surface area contributed by atoms with E-state index in [-0.39, 0.29) is 0 Å². The predicted molar refractivity (Wildman–Crippen MR) is 89.1 cm³/mol. The van der Waals surface area contributed by atoms with Crippen LogP contribution < -0.4 is 10.2 Å². The van der Waals surface area contributed by atoms with E-state index < -0.39 is 0 Å². The van der Waals surface area contributed by atoms with E-state index in [1.165, 1.54) is 11.3 Å². The Morgan fingerprint density at radius 1 is 1.05 bits per heavy atom. The van der Waals surface area contributed by atoms with Gasteiger partial charge in [-0.2, -0.15) is 0 Å².